The molecule has 0 saturated heterocycles. The van der Waals surface area contributed by atoms with Crippen LogP contribution < -0.4 is 11.2 Å². The third kappa shape index (κ3) is 6.80. The zero-order valence-corrected chi connectivity index (χ0v) is 11.2. The lowest BCUT2D eigenvalue weighted by Gasteiger charge is -2.15. The van der Waals surface area contributed by atoms with Gasteiger partial charge in [-0.2, -0.15) is 0 Å². The van der Waals surface area contributed by atoms with E-state index < -0.39 is 42.7 Å². The summed E-state index contributed by atoms with van der Waals surface area (Å²) in [7, 11) is 0. The van der Waals surface area contributed by atoms with Gasteiger partial charge in [-0.3, -0.25) is 14.4 Å². The summed E-state index contributed by atoms with van der Waals surface area (Å²) in [6, 6.07) is 5.64. The van der Waals surface area contributed by atoms with Crippen molar-refractivity contribution in [2.75, 3.05) is 0 Å². The molecule has 2 unspecified atom stereocenters. The van der Waals surface area contributed by atoms with Crippen LogP contribution in [0.4, 0.5) is 4.39 Å². The summed E-state index contributed by atoms with van der Waals surface area (Å²) in [5, 5.41) is 18.8. The number of aliphatic hydroxyl groups is 2. The molecule has 8 heteroatoms. The van der Waals surface area contributed by atoms with E-state index in [1.54, 1.807) is 6.07 Å². The Kier molecular flexibility index (Phi) is 6.73. The van der Waals surface area contributed by atoms with Crippen molar-refractivity contribution in [2.45, 2.75) is 31.7 Å². The van der Waals surface area contributed by atoms with Crippen LogP contribution in [0.25, 0.3) is 0 Å². The van der Waals surface area contributed by atoms with Gasteiger partial charge in [0.15, 0.2) is 0 Å². The Morgan fingerprint density at radius 3 is 2.57 bits per heavy atom. The van der Waals surface area contributed by atoms with Crippen LogP contribution in [0.1, 0.15) is 18.4 Å². The van der Waals surface area contributed by atoms with Crippen molar-refractivity contribution < 1.29 is 29.0 Å². The Morgan fingerprint density at radius 1 is 1.29 bits per heavy atom. The molecule has 0 aliphatic carbocycles. The Hall–Kier alpha value is -2.03. The summed E-state index contributed by atoms with van der Waals surface area (Å²) in [5.41, 5.74) is 7.41. The van der Waals surface area contributed by atoms with Gasteiger partial charge in [-0.05, 0) is 17.7 Å². The molecule has 2 atom stereocenters. The predicted molar refractivity (Wildman–Crippen MR) is 69.8 cm³/mol. The molecule has 0 radical (unpaired) electrons. The molecular weight excluding hydrogens is 283 g/mol. The predicted octanol–water partition coefficient (Wildman–Crippen LogP) is -0.639. The third-order valence-electron chi connectivity index (χ3n) is 2.56. The number of hydrogen-bond donors (Lipinski definition) is 4. The Morgan fingerprint density at radius 2 is 1.95 bits per heavy atom. The summed E-state index contributed by atoms with van der Waals surface area (Å²) < 4.78 is 12.9. The lowest BCUT2D eigenvalue weighted by molar-refractivity contribution is -0.139. The van der Waals surface area contributed by atoms with Gasteiger partial charge in [0.1, 0.15) is 5.82 Å². The van der Waals surface area contributed by atoms with Crippen LogP contribution in [0.5, 0.6) is 0 Å². The first-order valence-electron chi connectivity index (χ1n) is 6.18. The molecule has 2 amide bonds. The molecule has 0 aromatic heterocycles. The van der Waals surface area contributed by atoms with Crippen molar-refractivity contribution in [1.82, 2.24) is 5.48 Å². The van der Waals surface area contributed by atoms with Gasteiger partial charge in [0.05, 0.1) is 31.7 Å². The lowest BCUT2D eigenvalue weighted by Crippen LogP contribution is -2.36. The van der Waals surface area contributed by atoms with E-state index in [2.05, 4.69) is 0 Å². The summed E-state index contributed by atoms with van der Waals surface area (Å²) >= 11 is 0. The zero-order chi connectivity index (χ0) is 15.8. The van der Waals surface area contributed by atoms with Crippen molar-refractivity contribution in [2.24, 2.45) is 5.73 Å². The summed E-state index contributed by atoms with van der Waals surface area (Å²) in [4.78, 5) is 26.8. The van der Waals surface area contributed by atoms with Gasteiger partial charge in [0.25, 0.3) is 0 Å². The molecule has 1 aromatic rings. The Balaban J connectivity index is 2.29. The van der Waals surface area contributed by atoms with Crippen molar-refractivity contribution in [1.29, 1.82) is 0 Å². The average Bonchev–Trinajstić information content (AvgIpc) is 2.37. The highest BCUT2D eigenvalue weighted by Crippen LogP contribution is 2.05. The maximum absolute atomic E-state index is 12.9. The van der Waals surface area contributed by atoms with Gasteiger partial charge in [-0.15, -0.1) is 0 Å². The Labute approximate surface area is 120 Å². The molecule has 0 spiro atoms. The molecule has 0 saturated carbocycles. The minimum absolute atomic E-state index is 0.0521. The average molecular weight is 300 g/mol. The minimum atomic E-state index is -1.43. The number of halogens is 1. The highest BCUT2D eigenvalue weighted by molar-refractivity contribution is 5.76. The van der Waals surface area contributed by atoms with E-state index in [1.165, 1.54) is 18.2 Å². The molecule has 21 heavy (non-hydrogen) atoms. The van der Waals surface area contributed by atoms with Crippen molar-refractivity contribution >= 4 is 11.8 Å². The quantitative estimate of drug-likeness (QED) is 0.476. The van der Waals surface area contributed by atoms with Crippen LogP contribution >= 0.6 is 0 Å². The SMILES string of the molecule is NC(=O)CC(O)C(O)CC(=O)NOCc1cccc(F)c1. The van der Waals surface area contributed by atoms with Gasteiger partial charge in [0.2, 0.25) is 11.8 Å². The number of aliphatic hydroxyl groups excluding tert-OH is 2. The van der Waals surface area contributed by atoms with Crippen LogP contribution in [-0.4, -0.2) is 34.2 Å². The number of rotatable bonds is 8. The van der Waals surface area contributed by atoms with Crippen LogP contribution in [0, 0.1) is 5.82 Å². The number of carbonyl (C=O) groups is 2. The molecule has 1 rings (SSSR count). The fourth-order valence-corrected chi connectivity index (χ4v) is 1.54. The molecule has 5 N–H and O–H groups in total. The van der Waals surface area contributed by atoms with Crippen molar-refractivity contribution in [3.63, 3.8) is 0 Å². The minimum Gasteiger partial charge on any atom is -0.390 e. The van der Waals surface area contributed by atoms with Crippen LogP contribution in [-0.2, 0) is 21.0 Å². The summed E-state index contributed by atoms with van der Waals surface area (Å²) in [6.45, 7) is -0.0521. The fourth-order valence-electron chi connectivity index (χ4n) is 1.54. The molecule has 0 aliphatic rings. The maximum Gasteiger partial charge on any atom is 0.246 e. The van der Waals surface area contributed by atoms with Crippen LogP contribution in [0.3, 0.4) is 0 Å². The topological polar surface area (TPSA) is 122 Å². The number of nitrogens with two attached hydrogens (primary N) is 1. The highest BCUT2D eigenvalue weighted by atomic mass is 19.1. The third-order valence-corrected chi connectivity index (χ3v) is 2.56. The first kappa shape index (κ1) is 17.0. The number of amides is 2. The first-order valence-corrected chi connectivity index (χ1v) is 6.18. The lowest BCUT2D eigenvalue weighted by atomic mass is 10.1. The second-order valence-corrected chi connectivity index (χ2v) is 4.45. The van der Waals surface area contributed by atoms with E-state index >= 15 is 0 Å². The normalized spacial score (nSPS) is 13.5. The van der Waals surface area contributed by atoms with E-state index in [1.807, 2.05) is 5.48 Å². The Bertz CT molecular complexity index is 497. The smallest absolute Gasteiger partial charge is 0.246 e. The number of carbonyl (C=O) groups excluding carboxylic acids is 2. The van der Waals surface area contributed by atoms with Crippen molar-refractivity contribution in [3.05, 3.63) is 35.6 Å². The summed E-state index contributed by atoms with van der Waals surface area (Å²) in [5.74, 6) is -1.90. The van der Waals surface area contributed by atoms with Gasteiger partial charge in [-0.25, -0.2) is 9.87 Å². The monoisotopic (exact) mass is 300 g/mol. The van der Waals surface area contributed by atoms with Gasteiger partial charge >= 0.3 is 0 Å². The zero-order valence-electron chi connectivity index (χ0n) is 11.2. The van der Waals surface area contributed by atoms with Crippen LogP contribution in [0.2, 0.25) is 0 Å². The highest BCUT2D eigenvalue weighted by Gasteiger charge is 2.21. The standard InChI is InChI=1S/C13H17FN2O5/c14-9-3-1-2-8(4-9)7-21-16-13(20)6-11(18)10(17)5-12(15)19/h1-4,10-11,17-18H,5-7H2,(H2,15,19)(H,16,20). The van der Waals surface area contributed by atoms with Crippen LogP contribution in [0.15, 0.2) is 24.3 Å². The van der Waals surface area contributed by atoms with Gasteiger partial charge in [-0.1, -0.05) is 12.1 Å². The number of hydroxylamine groups is 1. The van der Waals surface area contributed by atoms with Gasteiger partial charge in [0, 0.05) is 0 Å². The molecular formula is C13H17FN2O5. The molecule has 116 valence electrons. The molecule has 0 fully saturated rings. The maximum atomic E-state index is 12.9. The number of primary amides is 1. The second kappa shape index (κ2) is 8.30. The fraction of sp³-hybridized carbons (Fsp3) is 0.385. The largest absolute Gasteiger partial charge is 0.390 e. The summed E-state index contributed by atoms with van der Waals surface area (Å²) in [6.07, 6.45) is -3.76. The van der Waals surface area contributed by atoms with E-state index in [0.29, 0.717) is 5.56 Å². The molecule has 0 aliphatic heterocycles. The first-order chi connectivity index (χ1) is 9.88. The molecule has 0 bridgehead atoms. The second-order valence-electron chi connectivity index (χ2n) is 4.45. The molecule has 0 heterocycles. The van der Waals surface area contributed by atoms with E-state index in [0.717, 1.165) is 0 Å². The van der Waals surface area contributed by atoms with E-state index in [-0.39, 0.29) is 6.61 Å². The van der Waals surface area contributed by atoms with Crippen molar-refractivity contribution in [3.8, 4) is 0 Å². The molecule has 7 nitrogen and oxygen atoms in total. The van der Waals surface area contributed by atoms with E-state index in [4.69, 9.17) is 10.6 Å². The number of nitrogens with one attached hydrogen (secondary N) is 1. The number of benzene rings is 1. The number of hydrogen-bond acceptors (Lipinski definition) is 5. The van der Waals surface area contributed by atoms with Gasteiger partial charge < -0.3 is 15.9 Å². The van der Waals surface area contributed by atoms with E-state index in [9.17, 15) is 24.2 Å². The molecule has 1 aromatic carbocycles.